The number of piperidine rings is 1. The first kappa shape index (κ1) is 19.6. The number of halogens is 2. The van der Waals surface area contributed by atoms with Gasteiger partial charge in [-0.25, -0.2) is 4.39 Å². The summed E-state index contributed by atoms with van der Waals surface area (Å²) in [6.07, 6.45) is 3.34. The van der Waals surface area contributed by atoms with Gasteiger partial charge in [0.05, 0.1) is 5.69 Å². The molecule has 1 aliphatic rings. The van der Waals surface area contributed by atoms with E-state index in [1.165, 1.54) is 12.5 Å². The summed E-state index contributed by atoms with van der Waals surface area (Å²) in [5.41, 5.74) is 0.297. The van der Waals surface area contributed by atoms with Gasteiger partial charge in [-0.05, 0) is 62.6 Å². The first-order valence-electron chi connectivity index (χ1n) is 9.56. The zero-order valence-electron chi connectivity index (χ0n) is 16.0. The second-order valence-corrected chi connectivity index (χ2v) is 7.86. The molecule has 1 aliphatic heterocycles. The molecular formula is C21H21BrFN5O. The zero-order chi connectivity index (χ0) is 20.2. The summed E-state index contributed by atoms with van der Waals surface area (Å²) in [4.78, 5) is 15.6. The number of hydrogen-bond donors (Lipinski definition) is 1. The number of aromatic nitrogens is 3. The van der Waals surface area contributed by atoms with Crippen molar-refractivity contribution in [3.63, 3.8) is 0 Å². The van der Waals surface area contributed by atoms with Gasteiger partial charge in [0.1, 0.15) is 11.6 Å². The highest BCUT2D eigenvalue weighted by Gasteiger charge is 2.23. The molecule has 4 rings (SSSR count). The third-order valence-electron chi connectivity index (χ3n) is 4.81. The van der Waals surface area contributed by atoms with E-state index in [1.807, 2.05) is 24.3 Å². The molecule has 0 radical (unpaired) electrons. The molecule has 1 saturated heterocycles. The number of benzene rings is 2. The van der Waals surface area contributed by atoms with E-state index in [0.29, 0.717) is 23.4 Å². The molecule has 0 aliphatic carbocycles. The quantitative estimate of drug-likeness (QED) is 0.530. The van der Waals surface area contributed by atoms with Gasteiger partial charge < -0.3 is 15.0 Å². The minimum atomic E-state index is -0.379. The minimum absolute atomic E-state index is 0.161. The van der Waals surface area contributed by atoms with Crippen LogP contribution in [0.2, 0.25) is 0 Å². The molecule has 6 nitrogen and oxygen atoms in total. The van der Waals surface area contributed by atoms with E-state index in [9.17, 15) is 4.39 Å². The van der Waals surface area contributed by atoms with E-state index in [2.05, 4.69) is 48.0 Å². The van der Waals surface area contributed by atoms with E-state index >= 15 is 0 Å². The predicted octanol–water partition coefficient (Wildman–Crippen LogP) is 5.69. The first-order valence-corrected chi connectivity index (χ1v) is 10.4. The van der Waals surface area contributed by atoms with Crippen molar-refractivity contribution in [1.82, 2.24) is 15.0 Å². The normalized spacial score (nSPS) is 16.5. The Morgan fingerprint density at radius 2 is 1.86 bits per heavy atom. The van der Waals surface area contributed by atoms with Crippen molar-refractivity contribution in [2.75, 3.05) is 16.8 Å². The molecule has 1 fully saturated rings. The Morgan fingerprint density at radius 1 is 1.07 bits per heavy atom. The van der Waals surface area contributed by atoms with Gasteiger partial charge in [-0.3, -0.25) is 0 Å². The average molecular weight is 458 g/mol. The van der Waals surface area contributed by atoms with Crippen LogP contribution < -0.4 is 15.0 Å². The van der Waals surface area contributed by atoms with Gasteiger partial charge in [-0.1, -0.05) is 28.1 Å². The number of anilines is 3. The molecule has 1 aromatic heterocycles. The van der Waals surface area contributed by atoms with Crippen molar-refractivity contribution in [1.29, 1.82) is 0 Å². The van der Waals surface area contributed by atoms with Crippen LogP contribution in [0.1, 0.15) is 26.2 Å². The van der Waals surface area contributed by atoms with E-state index in [1.54, 1.807) is 18.2 Å². The van der Waals surface area contributed by atoms with Crippen LogP contribution in [0.4, 0.5) is 22.0 Å². The molecule has 1 N–H and O–H groups in total. The lowest BCUT2D eigenvalue weighted by molar-refractivity contribution is 0.432. The van der Waals surface area contributed by atoms with Crippen LogP contribution in [0.25, 0.3) is 0 Å². The average Bonchev–Trinajstić information content (AvgIpc) is 2.72. The Hall–Kier alpha value is -2.74. The Labute approximate surface area is 177 Å². The second-order valence-electron chi connectivity index (χ2n) is 6.94. The monoisotopic (exact) mass is 457 g/mol. The molecule has 0 amide bonds. The van der Waals surface area contributed by atoms with E-state index in [-0.39, 0.29) is 17.8 Å². The molecule has 29 heavy (non-hydrogen) atoms. The summed E-state index contributed by atoms with van der Waals surface area (Å²) in [7, 11) is 0. The lowest BCUT2D eigenvalue weighted by Crippen LogP contribution is -2.38. The Morgan fingerprint density at radius 3 is 2.62 bits per heavy atom. The van der Waals surface area contributed by atoms with Crippen LogP contribution in [0.5, 0.6) is 11.8 Å². The highest BCUT2D eigenvalue weighted by atomic mass is 79.9. The highest BCUT2D eigenvalue weighted by Crippen LogP contribution is 2.27. The fraction of sp³-hybridized carbons (Fsp3) is 0.286. The van der Waals surface area contributed by atoms with Crippen molar-refractivity contribution in [2.24, 2.45) is 0 Å². The minimum Gasteiger partial charge on any atom is -0.424 e. The number of rotatable bonds is 5. The van der Waals surface area contributed by atoms with Crippen molar-refractivity contribution in [3.05, 3.63) is 58.8 Å². The van der Waals surface area contributed by atoms with Gasteiger partial charge in [-0.15, -0.1) is 0 Å². The lowest BCUT2D eigenvalue weighted by Gasteiger charge is -2.33. The summed E-state index contributed by atoms with van der Waals surface area (Å²) in [6.45, 7) is 3.02. The number of ether oxygens (including phenoxy) is 1. The maximum absolute atomic E-state index is 14.1. The summed E-state index contributed by atoms with van der Waals surface area (Å²) in [5, 5.41) is 2.95. The number of hydrogen-bond acceptors (Lipinski definition) is 6. The van der Waals surface area contributed by atoms with Gasteiger partial charge in [0.2, 0.25) is 11.9 Å². The van der Waals surface area contributed by atoms with Crippen molar-refractivity contribution >= 4 is 33.5 Å². The molecule has 0 bridgehead atoms. The van der Waals surface area contributed by atoms with E-state index < -0.39 is 0 Å². The third kappa shape index (κ3) is 4.82. The fourth-order valence-corrected chi connectivity index (χ4v) is 3.53. The molecule has 0 saturated carbocycles. The van der Waals surface area contributed by atoms with Crippen LogP contribution in [-0.4, -0.2) is 27.5 Å². The van der Waals surface area contributed by atoms with Crippen LogP contribution in [0.3, 0.4) is 0 Å². The van der Waals surface area contributed by atoms with Crippen LogP contribution in [0, 0.1) is 5.82 Å². The van der Waals surface area contributed by atoms with Gasteiger partial charge in [-0.2, -0.15) is 15.0 Å². The van der Waals surface area contributed by atoms with Crippen LogP contribution >= 0.6 is 15.9 Å². The predicted molar refractivity (Wildman–Crippen MR) is 114 cm³/mol. The zero-order valence-corrected chi connectivity index (χ0v) is 17.6. The first-order chi connectivity index (χ1) is 14.1. The lowest BCUT2D eigenvalue weighted by atomic mass is 10.0. The second kappa shape index (κ2) is 8.73. The molecule has 1 unspecified atom stereocenters. The van der Waals surface area contributed by atoms with Crippen LogP contribution in [0.15, 0.2) is 53.0 Å². The standard InChI is InChI=1S/C21H21BrFN5O/c1-14-6-4-5-13-28(14)20-25-19(24-18-8-3-2-7-17(18)23)26-21(27-20)29-16-11-9-15(22)10-12-16/h2-3,7-12,14H,4-6,13H2,1H3,(H,24,25,26,27). The molecule has 1 atom stereocenters. The van der Waals surface area contributed by atoms with Gasteiger partial charge in [0.15, 0.2) is 0 Å². The summed E-state index contributed by atoms with van der Waals surface area (Å²) in [5.74, 6) is 0.994. The Balaban J connectivity index is 1.68. The molecule has 0 spiro atoms. The maximum Gasteiger partial charge on any atom is 0.328 e. The molecule has 150 valence electrons. The summed E-state index contributed by atoms with van der Waals surface area (Å²) < 4.78 is 20.9. The number of nitrogens with one attached hydrogen (secondary N) is 1. The van der Waals surface area contributed by atoms with Crippen LogP contribution in [-0.2, 0) is 0 Å². The fourth-order valence-electron chi connectivity index (χ4n) is 3.26. The van der Waals surface area contributed by atoms with E-state index in [0.717, 1.165) is 23.9 Å². The van der Waals surface area contributed by atoms with Gasteiger partial charge in [0, 0.05) is 17.1 Å². The number of nitrogens with zero attached hydrogens (tertiary/aromatic N) is 4. The number of para-hydroxylation sites is 1. The smallest absolute Gasteiger partial charge is 0.328 e. The Kier molecular flexibility index (Phi) is 5.89. The third-order valence-corrected chi connectivity index (χ3v) is 5.33. The van der Waals surface area contributed by atoms with E-state index in [4.69, 9.17) is 4.74 Å². The van der Waals surface area contributed by atoms with Crippen molar-refractivity contribution in [3.8, 4) is 11.8 Å². The molecular weight excluding hydrogens is 437 g/mol. The molecule has 2 heterocycles. The largest absolute Gasteiger partial charge is 0.424 e. The maximum atomic E-state index is 14.1. The molecule has 3 aromatic rings. The summed E-state index contributed by atoms with van der Waals surface area (Å²) >= 11 is 3.41. The SMILES string of the molecule is CC1CCCCN1c1nc(Nc2ccccc2F)nc(Oc2ccc(Br)cc2)n1. The van der Waals surface area contributed by atoms with Gasteiger partial charge in [0.25, 0.3) is 0 Å². The van der Waals surface area contributed by atoms with Gasteiger partial charge >= 0.3 is 6.01 Å². The van der Waals surface area contributed by atoms with Crippen molar-refractivity contribution in [2.45, 2.75) is 32.2 Å². The highest BCUT2D eigenvalue weighted by molar-refractivity contribution is 9.10. The topological polar surface area (TPSA) is 63.2 Å². The molecule has 2 aromatic carbocycles. The summed E-state index contributed by atoms with van der Waals surface area (Å²) in [6, 6.07) is 14.3. The Bertz CT molecular complexity index is 985. The van der Waals surface area contributed by atoms with Crippen molar-refractivity contribution < 1.29 is 9.13 Å². The molecule has 8 heteroatoms.